The number of piperazine rings is 1. The summed E-state index contributed by atoms with van der Waals surface area (Å²) in [5, 5.41) is 3.54. The Morgan fingerprint density at radius 3 is 2.50 bits per heavy atom. The Bertz CT molecular complexity index is 142. The van der Waals surface area contributed by atoms with E-state index in [1.165, 1.54) is 19.6 Å². The van der Waals surface area contributed by atoms with Crippen LogP contribution >= 0.6 is 0 Å². The SMILES string of the molecule is CCOCCCN1CC(C)NC(C)C1. The molecule has 0 radical (unpaired) electrons. The fraction of sp³-hybridized carbons (Fsp3) is 1.00. The van der Waals surface area contributed by atoms with Gasteiger partial charge in [0.15, 0.2) is 0 Å². The molecule has 3 nitrogen and oxygen atoms in total. The van der Waals surface area contributed by atoms with Gasteiger partial charge in [-0.2, -0.15) is 0 Å². The van der Waals surface area contributed by atoms with Crippen molar-refractivity contribution in [3.05, 3.63) is 0 Å². The quantitative estimate of drug-likeness (QED) is 0.673. The molecule has 1 rings (SSSR count). The normalized spacial score (nSPS) is 29.4. The molecule has 0 aromatic carbocycles. The molecular formula is C11H24N2O. The molecule has 1 N–H and O–H groups in total. The summed E-state index contributed by atoms with van der Waals surface area (Å²) in [6.45, 7) is 11.8. The lowest BCUT2D eigenvalue weighted by Crippen LogP contribution is -2.54. The molecule has 0 saturated carbocycles. The maximum Gasteiger partial charge on any atom is 0.0478 e. The Morgan fingerprint density at radius 1 is 1.29 bits per heavy atom. The minimum atomic E-state index is 0.630. The number of ether oxygens (including phenoxy) is 1. The summed E-state index contributed by atoms with van der Waals surface area (Å²) in [7, 11) is 0. The highest BCUT2D eigenvalue weighted by Crippen LogP contribution is 2.04. The molecule has 0 aromatic rings. The standard InChI is InChI=1S/C11H24N2O/c1-4-14-7-5-6-13-8-10(2)12-11(3)9-13/h10-12H,4-9H2,1-3H3. The molecule has 0 aromatic heterocycles. The number of hydrogen-bond acceptors (Lipinski definition) is 3. The maximum atomic E-state index is 5.34. The number of rotatable bonds is 5. The van der Waals surface area contributed by atoms with Gasteiger partial charge in [0.1, 0.15) is 0 Å². The fourth-order valence-corrected chi connectivity index (χ4v) is 2.16. The first kappa shape index (κ1) is 12.0. The van der Waals surface area contributed by atoms with E-state index in [0.717, 1.165) is 19.6 Å². The van der Waals surface area contributed by atoms with Crippen LogP contribution in [-0.4, -0.2) is 49.8 Å². The van der Waals surface area contributed by atoms with Crippen LogP contribution in [-0.2, 0) is 4.74 Å². The van der Waals surface area contributed by atoms with Gasteiger partial charge in [-0.1, -0.05) is 0 Å². The minimum Gasteiger partial charge on any atom is -0.382 e. The molecule has 1 aliphatic heterocycles. The van der Waals surface area contributed by atoms with Crippen LogP contribution in [0.2, 0.25) is 0 Å². The molecule has 1 heterocycles. The zero-order valence-corrected chi connectivity index (χ0v) is 9.75. The van der Waals surface area contributed by atoms with E-state index >= 15 is 0 Å². The summed E-state index contributed by atoms with van der Waals surface area (Å²) < 4.78 is 5.34. The predicted octanol–water partition coefficient (Wildman–Crippen LogP) is 1.10. The van der Waals surface area contributed by atoms with E-state index in [-0.39, 0.29) is 0 Å². The molecule has 0 spiro atoms. The average molecular weight is 200 g/mol. The second-order valence-corrected chi connectivity index (χ2v) is 4.28. The van der Waals surface area contributed by atoms with Crippen molar-refractivity contribution in [3.8, 4) is 0 Å². The molecule has 2 unspecified atom stereocenters. The summed E-state index contributed by atoms with van der Waals surface area (Å²) in [6.07, 6.45) is 1.16. The molecule has 0 aliphatic carbocycles. The third-order valence-corrected chi connectivity index (χ3v) is 2.60. The molecule has 1 aliphatic rings. The van der Waals surface area contributed by atoms with E-state index in [4.69, 9.17) is 4.74 Å². The van der Waals surface area contributed by atoms with Crippen LogP contribution in [0.1, 0.15) is 27.2 Å². The van der Waals surface area contributed by atoms with Crippen LogP contribution in [0.25, 0.3) is 0 Å². The lowest BCUT2D eigenvalue weighted by molar-refractivity contribution is 0.117. The topological polar surface area (TPSA) is 24.5 Å². The first-order valence-electron chi connectivity index (χ1n) is 5.78. The van der Waals surface area contributed by atoms with Crippen LogP contribution in [0.15, 0.2) is 0 Å². The molecule has 1 saturated heterocycles. The first-order valence-corrected chi connectivity index (χ1v) is 5.78. The van der Waals surface area contributed by atoms with E-state index < -0.39 is 0 Å². The van der Waals surface area contributed by atoms with Crippen LogP contribution in [0.3, 0.4) is 0 Å². The Balaban J connectivity index is 2.10. The van der Waals surface area contributed by atoms with Crippen molar-refractivity contribution in [3.63, 3.8) is 0 Å². The second kappa shape index (κ2) is 6.38. The van der Waals surface area contributed by atoms with Crippen molar-refractivity contribution in [2.45, 2.75) is 39.3 Å². The van der Waals surface area contributed by atoms with Crippen LogP contribution in [0, 0.1) is 0 Å². The van der Waals surface area contributed by atoms with E-state index in [2.05, 4.69) is 31.0 Å². The Kier molecular flexibility index (Phi) is 5.45. The van der Waals surface area contributed by atoms with Gasteiger partial charge in [-0.15, -0.1) is 0 Å². The monoisotopic (exact) mass is 200 g/mol. The molecular weight excluding hydrogens is 176 g/mol. The summed E-state index contributed by atoms with van der Waals surface area (Å²) in [4.78, 5) is 2.53. The fourth-order valence-electron chi connectivity index (χ4n) is 2.16. The molecule has 84 valence electrons. The summed E-state index contributed by atoms with van der Waals surface area (Å²) in [6, 6.07) is 1.26. The summed E-state index contributed by atoms with van der Waals surface area (Å²) in [5.41, 5.74) is 0. The first-order chi connectivity index (χ1) is 6.72. The van der Waals surface area contributed by atoms with Gasteiger partial charge in [-0.05, 0) is 27.2 Å². The van der Waals surface area contributed by atoms with Crippen molar-refractivity contribution >= 4 is 0 Å². The molecule has 1 fully saturated rings. The Labute approximate surface area is 87.8 Å². The van der Waals surface area contributed by atoms with Crippen molar-refractivity contribution in [1.82, 2.24) is 10.2 Å². The van der Waals surface area contributed by atoms with E-state index in [0.29, 0.717) is 12.1 Å². The van der Waals surface area contributed by atoms with E-state index in [1.807, 2.05) is 0 Å². The van der Waals surface area contributed by atoms with Crippen molar-refractivity contribution in [2.24, 2.45) is 0 Å². The minimum absolute atomic E-state index is 0.630. The highest BCUT2D eigenvalue weighted by Gasteiger charge is 2.19. The lowest BCUT2D eigenvalue weighted by atomic mass is 10.1. The highest BCUT2D eigenvalue weighted by molar-refractivity contribution is 4.80. The summed E-state index contributed by atoms with van der Waals surface area (Å²) >= 11 is 0. The largest absolute Gasteiger partial charge is 0.382 e. The Morgan fingerprint density at radius 2 is 1.93 bits per heavy atom. The Hall–Kier alpha value is -0.120. The van der Waals surface area contributed by atoms with Crippen molar-refractivity contribution < 1.29 is 4.74 Å². The number of nitrogens with one attached hydrogen (secondary N) is 1. The predicted molar refractivity (Wildman–Crippen MR) is 59.6 cm³/mol. The van der Waals surface area contributed by atoms with E-state index in [1.54, 1.807) is 0 Å². The molecule has 2 atom stereocenters. The third-order valence-electron chi connectivity index (χ3n) is 2.60. The van der Waals surface area contributed by atoms with Gasteiger partial charge in [-0.25, -0.2) is 0 Å². The van der Waals surface area contributed by atoms with Gasteiger partial charge >= 0.3 is 0 Å². The van der Waals surface area contributed by atoms with Crippen LogP contribution in [0.4, 0.5) is 0 Å². The number of nitrogens with zero attached hydrogens (tertiary/aromatic N) is 1. The van der Waals surface area contributed by atoms with Gasteiger partial charge in [0.25, 0.3) is 0 Å². The summed E-state index contributed by atoms with van der Waals surface area (Å²) in [5.74, 6) is 0. The molecule has 3 heteroatoms. The zero-order valence-electron chi connectivity index (χ0n) is 9.75. The van der Waals surface area contributed by atoms with Crippen molar-refractivity contribution in [2.75, 3.05) is 32.8 Å². The molecule has 0 bridgehead atoms. The van der Waals surface area contributed by atoms with Gasteiger partial charge in [0.05, 0.1) is 0 Å². The van der Waals surface area contributed by atoms with Crippen LogP contribution < -0.4 is 5.32 Å². The van der Waals surface area contributed by atoms with Gasteiger partial charge < -0.3 is 15.0 Å². The van der Waals surface area contributed by atoms with Gasteiger partial charge in [0, 0.05) is 44.9 Å². The molecule has 14 heavy (non-hydrogen) atoms. The third kappa shape index (κ3) is 4.40. The van der Waals surface area contributed by atoms with Crippen molar-refractivity contribution in [1.29, 1.82) is 0 Å². The van der Waals surface area contributed by atoms with Gasteiger partial charge in [0.2, 0.25) is 0 Å². The van der Waals surface area contributed by atoms with Gasteiger partial charge in [-0.3, -0.25) is 0 Å². The van der Waals surface area contributed by atoms with Crippen LogP contribution in [0.5, 0.6) is 0 Å². The molecule has 0 amide bonds. The zero-order chi connectivity index (χ0) is 10.4. The average Bonchev–Trinajstić information content (AvgIpc) is 2.11. The lowest BCUT2D eigenvalue weighted by Gasteiger charge is -2.36. The maximum absolute atomic E-state index is 5.34. The number of hydrogen-bond donors (Lipinski definition) is 1. The smallest absolute Gasteiger partial charge is 0.0478 e. The second-order valence-electron chi connectivity index (χ2n) is 4.28. The highest BCUT2D eigenvalue weighted by atomic mass is 16.5. The van der Waals surface area contributed by atoms with E-state index in [9.17, 15) is 0 Å².